The minimum absolute atomic E-state index is 0.00751. The molecule has 0 fully saturated rings. The first-order valence-electron chi connectivity index (χ1n) is 7.02. The molecular formula is C15H21NO4. The van der Waals surface area contributed by atoms with Crippen LogP contribution in [0.15, 0.2) is 4.42 Å². The van der Waals surface area contributed by atoms with Gasteiger partial charge in [-0.25, -0.2) is 0 Å². The summed E-state index contributed by atoms with van der Waals surface area (Å²) in [5.41, 5.74) is 1.22. The number of rotatable bonds is 4. The molecule has 110 valence electrons. The van der Waals surface area contributed by atoms with Crippen molar-refractivity contribution >= 4 is 11.7 Å². The predicted molar refractivity (Wildman–Crippen MR) is 73.9 cm³/mol. The maximum atomic E-state index is 12.2. The maximum absolute atomic E-state index is 12.2. The van der Waals surface area contributed by atoms with Crippen LogP contribution in [0.25, 0.3) is 0 Å². The number of aryl methyl sites for hydroxylation is 1. The molecule has 1 amide bonds. The Morgan fingerprint density at radius 1 is 1.40 bits per heavy atom. The monoisotopic (exact) mass is 279 g/mol. The summed E-state index contributed by atoms with van der Waals surface area (Å²) in [6, 6.07) is -0.162. The van der Waals surface area contributed by atoms with Gasteiger partial charge in [0.25, 0.3) is 5.91 Å². The molecule has 5 heteroatoms. The topological polar surface area (TPSA) is 79.5 Å². The Morgan fingerprint density at radius 3 is 2.70 bits per heavy atom. The third kappa shape index (κ3) is 2.63. The van der Waals surface area contributed by atoms with Crippen molar-refractivity contribution in [1.82, 2.24) is 5.32 Å². The molecule has 0 unspecified atom stereocenters. The molecule has 1 aliphatic carbocycles. The van der Waals surface area contributed by atoms with Crippen LogP contribution < -0.4 is 5.32 Å². The fourth-order valence-electron chi connectivity index (χ4n) is 2.44. The molecule has 2 atom stereocenters. The van der Waals surface area contributed by atoms with Gasteiger partial charge in [0.1, 0.15) is 5.76 Å². The van der Waals surface area contributed by atoms with Gasteiger partial charge in [0, 0.05) is 31.1 Å². The second-order valence-electron chi connectivity index (χ2n) is 5.55. The number of fused-ring (bicyclic) bond motifs is 1. The molecule has 20 heavy (non-hydrogen) atoms. The summed E-state index contributed by atoms with van der Waals surface area (Å²) in [5.74, 6) is 0.556. The summed E-state index contributed by atoms with van der Waals surface area (Å²) >= 11 is 0. The van der Waals surface area contributed by atoms with Crippen LogP contribution in [0.5, 0.6) is 0 Å². The van der Waals surface area contributed by atoms with Gasteiger partial charge in [0.15, 0.2) is 11.5 Å². The fraction of sp³-hybridized carbons (Fsp3) is 0.600. The molecule has 0 spiro atoms. The van der Waals surface area contributed by atoms with Gasteiger partial charge < -0.3 is 14.8 Å². The molecule has 1 heterocycles. The third-order valence-electron chi connectivity index (χ3n) is 4.01. The Labute approximate surface area is 118 Å². The van der Waals surface area contributed by atoms with E-state index in [0.717, 1.165) is 6.42 Å². The number of hydrogen-bond donors (Lipinski definition) is 2. The number of nitrogens with one attached hydrogen (secondary N) is 1. The summed E-state index contributed by atoms with van der Waals surface area (Å²) in [7, 11) is 0. The largest absolute Gasteiger partial charge is 0.455 e. The van der Waals surface area contributed by atoms with Crippen molar-refractivity contribution in [1.29, 1.82) is 0 Å². The van der Waals surface area contributed by atoms with Gasteiger partial charge >= 0.3 is 0 Å². The van der Waals surface area contributed by atoms with Crippen molar-refractivity contribution in [3.8, 4) is 0 Å². The minimum Gasteiger partial charge on any atom is -0.455 e. The average molecular weight is 279 g/mol. The number of aliphatic hydroxyl groups excluding tert-OH is 1. The zero-order chi connectivity index (χ0) is 14.9. The molecule has 2 rings (SSSR count). The van der Waals surface area contributed by atoms with E-state index in [1.54, 1.807) is 6.92 Å². The quantitative estimate of drug-likeness (QED) is 0.881. The van der Waals surface area contributed by atoms with Crippen LogP contribution >= 0.6 is 0 Å². The minimum atomic E-state index is -0.322. The summed E-state index contributed by atoms with van der Waals surface area (Å²) in [4.78, 5) is 24.1. The van der Waals surface area contributed by atoms with Gasteiger partial charge in [-0.3, -0.25) is 9.59 Å². The highest BCUT2D eigenvalue weighted by molar-refractivity contribution is 6.03. The van der Waals surface area contributed by atoms with Crippen molar-refractivity contribution in [3.63, 3.8) is 0 Å². The lowest BCUT2D eigenvalue weighted by Gasteiger charge is -2.18. The normalized spacial score (nSPS) is 17.5. The first-order chi connectivity index (χ1) is 9.45. The molecule has 0 saturated carbocycles. The lowest BCUT2D eigenvalue weighted by atomic mass is 9.94. The fourth-order valence-corrected chi connectivity index (χ4v) is 2.44. The van der Waals surface area contributed by atoms with Gasteiger partial charge in [-0.2, -0.15) is 0 Å². The molecule has 1 aliphatic rings. The van der Waals surface area contributed by atoms with E-state index in [-0.39, 0.29) is 36.0 Å². The van der Waals surface area contributed by atoms with Crippen LogP contribution in [-0.4, -0.2) is 29.4 Å². The van der Waals surface area contributed by atoms with Crippen molar-refractivity contribution < 1.29 is 19.1 Å². The standard InChI is InChI=1S/C15H21NO4/c1-8(7-17)10(3)16-15(19)14-9(2)13-11(18)5-4-6-12(13)20-14/h8,10,17H,4-7H2,1-3H3,(H,16,19)/t8-,10+/m1/s1. The Kier molecular flexibility index (Phi) is 4.28. The number of amides is 1. The number of aliphatic hydroxyl groups is 1. The first-order valence-corrected chi connectivity index (χ1v) is 7.02. The summed E-state index contributed by atoms with van der Waals surface area (Å²) < 4.78 is 5.59. The molecule has 2 N–H and O–H groups in total. The average Bonchev–Trinajstić information content (AvgIpc) is 2.76. The Morgan fingerprint density at radius 2 is 2.10 bits per heavy atom. The second-order valence-corrected chi connectivity index (χ2v) is 5.55. The van der Waals surface area contributed by atoms with Crippen molar-refractivity contribution in [2.75, 3.05) is 6.61 Å². The van der Waals surface area contributed by atoms with Crippen LogP contribution in [-0.2, 0) is 6.42 Å². The van der Waals surface area contributed by atoms with Gasteiger partial charge in [0.05, 0.1) is 5.56 Å². The predicted octanol–water partition coefficient (Wildman–Crippen LogP) is 1.85. The van der Waals surface area contributed by atoms with E-state index in [2.05, 4.69) is 5.32 Å². The van der Waals surface area contributed by atoms with E-state index >= 15 is 0 Å². The number of carbonyl (C=O) groups excluding carboxylic acids is 2. The molecule has 0 radical (unpaired) electrons. The summed E-state index contributed by atoms with van der Waals surface area (Å²) in [6.07, 6.45) is 2.00. The number of Topliss-reactive ketones (excluding diaryl/α,β-unsaturated/α-hetero) is 1. The van der Waals surface area contributed by atoms with E-state index in [4.69, 9.17) is 9.52 Å². The Hall–Kier alpha value is -1.62. The van der Waals surface area contributed by atoms with Crippen LogP contribution in [0.2, 0.25) is 0 Å². The highest BCUT2D eigenvalue weighted by Gasteiger charge is 2.29. The van der Waals surface area contributed by atoms with E-state index in [0.29, 0.717) is 29.7 Å². The Bertz CT molecular complexity index is 532. The molecule has 1 aromatic rings. The number of carbonyl (C=O) groups is 2. The van der Waals surface area contributed by atoms with Crippen LogP contribution in [0, 0.1) is 12.8 Å². The van der Waals surface area contributed by atoms with Crippen molar-refractivity contribution in [2.45, 2.75) is 46.1 Å². The lowest BCUT2D eigenvalue weighted by Crippen LogP contribution is -2.38. The summed E-state index contributed by atoms with van der Waals surface area (Å²) in [6.45, 7) is 5.45. The molecule has 0 saturated heterocycles. The molecule has 0 aromatic carbocycles. The lowest BCUT2D eigenvalue weighted by molar-refractivity contribution is 0.0883. The highest BCUT2D eigenvalue weighted by Crippen LogP contribution is 2.29. The van der Waals surface area contributed by atoms with Gasteiger partial charge in [-0.15, -0.1) is 0 Å². The molecule has 0 bridgehead atoms. The zero-order valence-electron chi connectivity index (χ0n) is 12.2. The Balaban J connectivity index is 2.21. The van der Waals surface area contributed by atoms with Gasteiger partial charge in [-0.05, 0) is 26.2 Å². The molecular weight excluding hydrogens is 258 g/mol. The smallest absolute Gasteiger partial charge is 0.287 e. The van der Waals surface area contributed by atoms with Gasteiger partial charge in [0.2, 0.25) is 0 Å². The van der Waals surface area contributed by atoms with Crippen molar-refractivity contribution in [3.05, 3.63) is 22.6 Å². The number of hydrogen-bond acceptors (Lipinski definition) is 4. The highest BCUT2D eigenvalue weighted by atomic mass is 16.4. The third-order valence-corrected chi connectivity index (χ3v) is 4.01. The molecule has 1 aromatic heterocycles. The number of ketones is 1. The zero-order valence-corrected chi connectivity index (χ0v) is 12.2. The summed E-state index contributed by atoms with van der Waals surface area (Å²) in [5, 5.41) is 11.9. The molecule has 0 aliphatic heterocycles. The van der Waals surface area contributed by atoms with Crippen LogP contribution in [0.4, 0.5) is 0 Å². The van der Waals surface area contributed by atoms with E-state index in [9.17, 15) is 9.59 Å². The number of furan rings is 1. The first kappa shape index (κ1) is 14.8. The SMILES string of the molecule is Cc1c(C(=O)N[C@@H](C)[C@H](C)CO)oc2c1C(=O)CCC2. The van der Waals surface area contributed by atoms with Crippen molar-refractivity contribution in [2.24, 2.45) is 5.92 Å². The van der Waals surface area contributed by atoms with E-state index in [1.807, 2.05) is 13.8 Å². The van der Waals surface area contributed by atoms with Crippen LogP contribution in [0.1, 0.15) is 58.9 Å². The van der Waals surface area contributed by atoms with Gasteiger partial charge in [-0.1, -0.05) is 6.92 Å². The van der Waals surface area contributed by atoms with E-state index in [1.165, 1.54) is 0 Å². The van der Waals surface area contributed by atoms with Crippen LogP contribution in [0.3, 0.4) is 0 Å². The molecule has 5 nitrogen and oxygen atoms in total. The maximum Gasteiger partial charge on any atom is 0.287 e. The second kappa shape index (κ2) is 5.79. The van der Waals surface area contributed by atoms with E-state index < -0.39 is 0 Å².